The average Bonchev–Trinajstić information content (AvgIpc) is 2.19. The predicted octanol–water partition coefficient (Wildman–Crippen LogP) is 0.605. The molecule has 0 aliphatic rings. The molecule has 1 rings (SSSR count). The molecule has 0 spiro atoms. The van der Waals surface area contributed by atoms with Crippen molar-refractivity contribution in [2.45, 2.75) is 26.4 Å². The van der Waals surface area contributed by atoms with E-state index in [4.69, 9.17) is 10.2 Å². The second-order valence-electron chi connectivity index (χ2n) is 3.25. The molecular weight excluding hydrogens is 198 g/mol. The Labute approximate surface area is 87.0 Å². The molecule has 5 heteroatoms. The van der Waals surface area contributed by atoms with Crippen LogP contribution in [0.5, 0.6) is 5.75 Å². The number of hydrogen-bond acceptors (Lipinski definition) is 4. The highest BCUT2D eigenvalue weighted by atomic mass is 16.4. The van der Waals surface area contributed by atoms with E-state index in [2.05, 4.69) is 4.98 Å². The summed E-state index contributed by atoms with van der Waals surface area (Å²) in [6.45, 7) is 1.31. The Morgan fingerprint density at radius 3 is 2.73 bits per heavy atom. The lowest BCUT2D eigenvalue weighted by atomic mass is 10.0. The van der Waals surface area contributed by atoms with Gasteiger partial charge in [0.2, 0.25) is 0 Å². The SMILES string of the molecule is Cc1ncc(CCC(=O)O)c(CO)c1O. The minimum atomic E-state index is -0.918. The third kappa shape index (κ3) is 2.66. The Balaban J connectivity index is 2.97. The molecule has 0 amide bonds. The quantitative estimate of drug-likeness (QED) is 0.678. The van der Waals surface area contributed by atoms with Gasteiger partial charge in [-0.15, -0.1) is 0 Å². The van der Waals surface area contributed by atoms with Crippen molar-refractivity contribution in [1.82, 2.24) is 4.98 Å². The molecule has 1 heterocycles. The van der Waals surface area contributed by atoms with E-state index in [9.17, 15) is 9.90 Å². The van der Waals surface area contributed by atoms with Crippen molar-refractivity contribution in [2.75, 3.05) is 0 Å². The maximum absolute atomic E-state index is 10.4. The highest BCUT2D eigenvalue weighted by Crippen LogP contribution is 2.24. The zero-order chi connectivity index (χ0) is 11.4. The minimum Gasteiger partial charge on any atom is -0.506 e. The van der Waals surface area contributed by atoms with Crippen molar-refractivity contribution >= 4 is 5.97 Å². The van der Waals surface area contributed by atoms with E-state index in [1.54, 1.807) is 6.92 Å². The molecule has 5 nitrogen and oxygen atoms in total. The molecule has 1 aromatic rings. The molecule has 0 saturated carbocycles. The van der Waals surface area contributed by atoms with E-state index in [0.717, 1.165) is 0 Å². The Morgan fingerprint density at radius 1 is 1.53 bits per heavy atom. The average molecular weight is 211 g/mol. The number of carboxylic acids is 1. The number of aliphatic carboxylic acids is 1. The number of pyridine rings is 1. The first-order valence-corrected chi connectivity index (χ1v) is 4.55. The Morgan fingerprint density at radius 2 is 2.20 bits per heavy atom. The zero-order valence-corrected chi connectivity index (χ0v) is 8.40. The van der Waals surface area contributed by atoms with Gasteiger partial charge in [-0.25, -0.2) is 0 Å². The molecule has 82 valence electrons. The molecule has 1 aromatic heterocycles. The first-order chi connectivity index (χ1) is 7.06. The predicted molar refractivity (Wildman–Crippen MR) is 52.5 cm³/mol. The van der Waals surface area contributed by atoms with Crippen molar-refractivity contribution in [2.24, 2.45) is 0 Å². The number of nitrogens with zero attached hydrogens (tertiary/aromatic N) is 1. The third-order valence-corrected chi connectivity index (χ3v) is 2.20. The minimum absolute atomic E-state index is 0.0445. The summed E-state index contributed by atoms with van der Waals surface area (Å²) in [6, 6.07) is 0. The van der Waals surface area contributed by atoms with Crippen LogP contribution in [0.1, 0.15) is 23.2 Å². The Bertz CT molecular complexity index is 376. The van der Waals surface area contributed by atoms with Gasteiger partial charge in [0.05, 0.1) is 12.3 Å². The highest BCUT2D eigenvalue weighted by molar-refractivity contribution is 5.67. The molecule has 15 heavy (non-hydrogen) atoms. The van der Waals surface area contributed by atoms with Crippen LogP contribution in [0, 0.1) is 6.92 Å². The number of aromatic hydroxyl groups is 1. The van der Waals surface area contributed by atoms with Crippen LogP contribution in [0.25, 0.3) is 0 Å². The maximum Gasteiger partial charge on any atom is 0.303 e. The van der Waals surface area contributed by atoms with Crippen LogP contribution in [0.15, 0.2) is 6.20 Å². The lowest BCUT2D eigenvalue weighted by Gasteiger charge is -2.09. The van der Waals surface area contributed by atoms with Gasteiger partial charge in [0.1, 0.15) is 5.75 Å². The lowest BCUT2D eigenvalue weighted by molar-refractivity contribution is -0.136. The normalized spacial score (nSPS) is 10.3. The summed E-state index contributed by atoms with van der Waals surface area (Å²) < 4.78 is 0. The highest BCUT2D eigenvalue weighted by Gasteiger charge is 2.11. The molecule has 0 aromatic carbocycles. The van der Waals surface area contributed by atoms with Gasteiger partial charge >= 0.3 is 5.97 Å². The van der Waals surface area contributed by atoms with Crippen LogP contribution in [0.4, 0.5) is 0 Å². The van der Waals surface area contributed by atoms with Gasteiger partial charge in [-0.1, -0.05) is 0 Å². The van der Waals surface area contributed by atoms with Crippen LogP contribution in [-0.4, -0.2) is 26.3 Å². The fourth-order valence-electron chi connectivity index (χ4n) is 1.32. The zero-order valence-electron chi connectivity index (χ0n) is 8.40. The van der Waals surface area contributed by atoms with E-state index in [-0.39, 0.29) is 25.2 Å². The Hall–Kier alpha value is -1.62. The van der Waals surface area contributed by atoms with E-state index >= 15 is 0 Å². The summed E-state index contributed by atoms with van der Waals surface area (Å²) >= 11 is 0. The van der Waals surface area contributed by atoms with Gasteiger partial charge in [0.25, 0.3) is 0 Å². The molecule has 0 unspecified atom stereocenters. The number of aliphatic hydroxyl groups is 1. The summed E-state index contributed by atoms with van der Waals surface area (Å²) in [5, 5.41) is 27.1. The molecule has 0 radical (unpaired) electrons. The molecular formula is C10H13NO4. The van der Waals surface area contributed by atoms with Crippen molar-refractivity contribution in [1.29, 1.82) is 0 Å². The Kier molecular flexibility index (Phi) is 3.62. The van der Waals surface area contributed by atoms with Crippen LogP contribution in [0.2, 0.25) is 0 Å². The van der Waals surface area contributed by atoms with Crippen molar-refractivity contribution in [3.8, 4) is 5.75 Å². The second kappa shape index (κ2) is 4.75. The maximum atomic E-state index is 10.4. The van der Waals surface area contributed by atoms with Crippen LogP contribution < -0.4 is 0 Å². The molecule has 0 fully saturated rings. The summed E-state index contributed by atoms with van der Waals surface area (Å²) in [7, 11) is 0. The second-order valence-corrected chi connectivity index (χ2v) is 3.25. The summed E-state index contributed by atoms with van der Waals surface area (Å²) in [5.74, 6) is -0.973. The largest absolute Gasteiger partial charge is 0.506 e. The molecule has 0 aliphatic heterocycles. The van der Waals surface area contributed by atoms with E-state index in [1.807, 2.05) is 0 Å². The molecule has 0 saturated heterocycles. The molecule has 0 bridgehead atoms. The van der Waals surface area contributed by atoms with Crippen LogP contribution in [-0.2, 0) is 17.8 Å². The number of hydrogen-bond donors (Lipinski definition) is 3. The van der Waals surface area contributed by atoms with Gasteiger partial charge in [-0.3, -0.25) is 9.78 Å². The number of aryl methyl sites for hydroxylation is 2. The summed E-state index contributed by atoms with van der Waals surface area (Å²) in [4.78, 5) is 14.3. The van der Waals surface area contributed by atoms with Crippen LogP contribution >= 0.6 is 0 Å². The van der Waals surface area contributed by atoms with Gasteiger partial charge in [0, 0.05) is 18.2 Å². The smallest absolute Gasteiger partial charge is 0.303 e. The summed E-state index contributed by atoms with van der Waals surface area (Å²) in [6.07, 6.45) is 1.70. The number of aliphatic hydroxyl groups excluding tert-OH is 1. The first-order valence-electron chi connectivity index (χ1n) is 4.55. The van der Waals surface area contributed by atoms with Gasteiger partial charge in [-0.05, 0) is 18.9 Å². The fourth-order valence-corrected chi connectivity index (χ4v) is 1.32. The number of rotatable bonds is 4. The first kappa shape index (κ1) is 11.5. The topological polar surface area (TPSA) is 90.7 Å². The van der Waals surface area contributed by atoms with Crippen molar-refractivity contribution < 1.29 is 20.1 Å². The number of aromatic nitrogens is 1. The molecule has 0 aliphatic carbocycles. The standard InChI is InChI=1S/C10H13NO4/c1-6-10(15)8(5-12)7(4-11-6)2-3-9(13)14/h4,12,15H,2-3,5H2,1H3,(H,13,14). The van der Waals surface area contributed by atoms with Crippen molar-refractivity contribution in [3.63, 3.8) is 0 Å². The molecule has 3 N–H and O–H groups in total. The molecule has 0 atom stereocenters. The lowest BCUT2D eigenvalue weighted by Crippen LogP contribution is -2.03. The van der Waals surface area contributed by atoms with Gasteiger partial charge < -0.3 is 15.3 Å². The van der Waals surface area contributed by atoms with E-state index in [1.165, 1.54) is 6.20 Å². The van der Waals surface area contributed by atoms with Gasteiger partial charge in [-0.2, -0.15) is 0 Å². The number of carboxylic acid groups (broad SMARTS) is 1. The van der Waals surface area contributed by atoms with Crippen LogP contribution in [0.3, 0.4) is 0 Å². The monoisotopic (exact) mass is 211 g/mol. The summed E-state index contributed by atoms with van der Waals surface area (Å²) in [5.41, 5.74) is 1.37. The third-order valence-electron chi connectivity index (χ3n) is 2.20. The van der Waals surface area contributed by atoms with E-state index < -0.39 is 5.97 Å². The fraction of sp³-hybridized carbons (Fsp3) is 0.400. The number of carbonyl (C=O) groups is 1. The van der Waals surface area contributed by atoms with E-state index in [0.29, 0.717) is 16.8 Å². The van der Waals surface area contributed by atoms with Gasteiger partial charge in [0.15, 0.2) is 0 Å². The van der Waals surface area contributed by atoms with Crippen molar-refractivity contribution in [3.05, 3.63) is 23.0 Å².